The Morgan fingerprint density at radius 3 is 1.42 bits per heavy atom. The first-order chi connectivity index (χ1) is 23.1. The van der Waals surface area contributed by atoms with E-state index in [9.17, 15) is 0 Å². The molecule has 5 aromatic carbocycles. The van der Waals surface area contributed by atoms with Crippen LogP contribution in [-0.4, -0.2) is 3.21 Å². The second kappa shape index (κ2) is 17.8. The Balaban J connectivity index is 0.000000462. The van der Waals surface area contributed by atoms with Crippen LogP contribution in [0.3, 0.4) is 0 Å². The molecule has 0 fully saturated rings. The maximum Gasteiger partial charge on any atom is -0.0126 e. The summed E-state index contributed by atoms with van der Waals surface area (Å²) in [6.45, 7) is 32.2. The van der Waals surface area contributed by atoms with E-state index in [1.807, 2.05) is 30.3 Å². The van der Waals surface area contributed by atoms with E-state index in [0.29, 0.717) is 10.8 Å². The maximum atomic E-state index is 3.93. The molecule has 0 aromatic heterocycles. The zero-order valence-electron chi connectivity index (χ0n) is 34.2. The normalized spacial score (nSPS) is 12.2. The van der Waals surface area contributed by atoms with Crippen molar-refractivity contribution in [3.8, 4) is 33.4 Å². The van der Waals surface area contributed by atoms with Crippen LogP contribution in [0.5, 0.6) is 0 Å². The third-order valence-corrected chi connectivity index (χ3v) is 13.3. The Labute approximate surface area is 344 Å². The van der Waals surface area contributed by atoms with Crippen LogP contribution in [0.15, 0.2) is 97.1 Å². The first-order valence-electron chi connectivity index (χ1n) is 18.3. The number of benzene rings is 4. The predicted octanol–water partition coefficient (Wildman–Crippen LogP) is 7.82. The third kappa shape index (κ3) is 11.1. The standard InChI is InChI=1S/C35H37.C9H18.C5H5.2ClH.Zr/c1-22-13-9-11-15-26(22)30-18-24-17-25-19-31(27-16-12-10-14-23(27)2)33(35(6,7)8)21-29(25)28(24)20-32(30)34(3,4)5;1-8(2,3)7-9(4,5)6;1-2-4-5-3-1;;;/h9-16,18,20-21H,17H2,1-8H3;1-6H3;1-5H;2*1H;/q-1;;-1;;;+2/p-2. The molecular weight excluding hydrogens is 751 g/mol. The van der Waals surface area contributed by atoms with Crippen LogP contribution in [0.25, 0.3) is 33.4 Å². The quantitative estimate of drug-likeness (QED) is 0.157. The van der Waals surface area contributed by atoms with Crippen molar-refractivity contribution in [1.82, 2.24) is 0 Å². The van der Waals surface area contributed by atoms with Gasteiger partial charge in [0, 0.05) is 0 Å². The molecule has 1 aliphatic carbocycles. The molecule has 0 bridgehead atoms. The van der Waals surface area contributed by atoms with E-state index in [4.69, 9.17) is 0 Å². The van der Waals surface area contributed by atoms with E-state index in [0.717, 1.165) is 6.42 Å². The maximum absolute atomic E-state index is 3.93. The number of fused-ring (bicyclic) bond motifs is 3. The van der Waals surface area contributed by atoms with Gasteiger partial charge in [0.25, 0.3) is 0 Å². The summed E-state index contributed by atoms with van der Waals surface area (Å²) in [5, 5.41) is 0. The number of halogens is 2. The van der Waals surface area contributed by atoms with Gasteiger partial charge >= 0.3 is 79.8 Å². The molecular formula is C49H60Cl2Zr-2. The van der Waals surface area contributed by atoms with Crippen LogP contribution in [0.1, 0.15) is 116 Å². The fraction of sp³-hybridized carbons (Fsp3) is 0.388. The van der Waals surface area contributed by atoms with Crippen LogP contribution in [0, 0.1) is 30.7 Å². The molecule has 3 heteroatoms. The molecule has 1 aliphatic rings. The van der Waals surface area contributed by atoms with Gasteiger partial charge in [-0.2, -0.15) is 18.2 Å². The van der Waals surface area contributed by atoms with Crippen molar-refractivity contribution in [2.24, 2.45) is 10.8 Å². The van der Waals surface area contributed by atoms with E-state index >= 15 is 0 Å². The molecule has 0 radical (unpaired) electrons. The topological polar surface area (TPSA) is 0 Å². The smallest absolute Gasteiger partial charge is 0.0126 e. The second-order valence-electron chi connectivity index (χ2n) is 18.1. The van der Waals surface area contributed by atoms with Gasteiger partial charge in [0.2, 0.25) is 0 Å². The van der Waals surface area contributed by atoms with Crippen molar-refractivity contribution < 1.29 is 49.0 Å². The molecule has 6 rings (SSSR count). The number of hydrogen-bond donors (Lipinski definition) is 0. The van der Waals surface area contributed by atoms with Gasteiger partial charge in [-0.1, -0.05) is 124 Å². The molecule has 276 valence electrons. The van der Waals surface area contributed by atoms with Crippen LogP contribution in [0.4, 0.5) is 0 Å². The Morgan fingerprint density at radius 2 is 1.02 bits per heavy atom. The predicted molar refractivity (Wildman–Crippen MR) is 217 cm³/mol. The molecule has 0 aliphatic heterocycles. The third-order valence-electron chi connectivity index (χ3n) is 9.58. The molecule has 0 heterocycles. The largest absolute Gasteiger partial charge is 1.00 e. The average Bonchev–Trinajstić information content (AvgIpc) is 3.70. The van der Waals surface area contributed by atoms with Crippen molar-refractivity contribution in [2.45, 2.75) is 114 Å². The summed E-state index contributed by atoms with van der Waals surface area (Å²) in [6.07, 6.45) is 0.942. The molecule has 0 saturated carbocycles. The monoisotopic (exact) mass is 808 g/mol. The van der Waals surface area contributed by atoms with Gasteiger partial charge in [-0.25, -0.2) is 12.1 Å². The molecule has 5 aromatic rings. The van der Waals surface area contributed by atoms with Gasteiger partial charge in [0.15, 0.2) is 0 Å². The van der Waals surface area contributed by atoms with Gasteiger partial charge in [-0.05, 0) is 58.9 Å². The Bertz CT molecular complexity index is 1790. The Kier molecular flexibility index (Phi) is 15.6. The van der Waals surface area contributed by atoms with Crippen LogP contribution in [0.2, 0.25) is 0 Å². The summed E-state index contributed by atoms with van der Waals surface area (Å²) in [7, 11) is 0. The second-order valence-corrected chi connectivity index (χ2v) is 19.4. The molecule has 52 heavy (non-hydrogen) atoms. The number of aryl methyl sites for hydroxylation is 2. The zero-order chi connectivity index (χ0) is 37.2. The van der Waals surface area contributed by atoms with Gasteiger partial charge in [0.05, 0.1) is 0 Å². The van der Waals surface area contributed by atoms with Crippen LogP contribution in [-0.2, 0) is 41.5 Å². The van der Waals surface area contributed by atoms with Crippen molar-refractivity contribution in [2.75, 3.05) is 0 Å². The van der Waals surface area contributed by atoms with E-state index in [2.05, 4.69) is 170 Å². The molecule has 0 saturated heterocycles. The molecule has 0 amide bonds. The zero-order valence-corrected chi connectivity index (χ0v) is 38.2. The van der Waals surface area contributed by atoms with Gasteiger partial charge in [-0.3, -0.25) is 0 Å². The summed E-state index contributed by atoms with van der Waals surface area (Å²) >= 11 is 1.59. The summed E-state index contributed by atoms with van der Waals surface area (Å²) in [6, 6.07) is 38.9. The summed E-state index contributed by atoms with van der Waals surface area (Å²) in [4.78, 5) is 0. The van der Waals surface area contributed by atoms with Crippen molar-refractivity contribution in [3.05, 3.63) is 137 Å². The fourth-order valence-corrected chi connectivity index (χ4v) is 7.02. The fourth-order valence-electron chi connectivity index (χ4n) is 7.02. The molecule has 0 atom stereocenters. The van der Waals surface area contributed by atoms with Gasteiger partial charge in [0.1, 0.15) is 0 Å². The SMILES string of the molecule is CC(C)(C)[C](=[Zr+2])C(C)(C)C.Cc1ccccc1-c1[c-]c2c(cc1C(C)(C)C)-c1cc(C(C)(C)C)c(-c3ccccc3C)cc1C2.[Cl-].[Cl-].c1cc[cH-]c1. The molecule has 0 spiro atoms. The van der Waals surface area contributed by atoms with Gasteiger partial charge < -0.3 is 24.8 Å². The Morgan fingerprint density at radius 1 is 0.558 bits per heavy atom. The average molecular weight is 811 g/mol. The first kappa shape index (κ1) is 45.7. The van der Waals surface area contributed by atoms with Crippen molar-refractivity contribution in [3.63, 3.8) is 0 Å². The number of rotatable bonds is 2. The summed E-state index contributed by atoms with van der Waals surface area (Å²) < 4.78 is 1.66. The van der Waals surface area contributed by atoms with E-state index in [-0.39, 0.29) is 35.6 Å². The van der Waals surface area contributed by atoms with Crippen molar-refractivity contribution >= 4 is 3.21 Å². The van der Waals surface area contributed by atoms with Crippen LogP contribution >= 0.6 is 0 Å². The van der Waals surface area contributed by atoms with Crippen molar-refractivity contribution in [1.29, 1.82) is 0 Å². The number of hydrogen-bond acceptors (Lipinski definition) is 0. The molecule has 0 nitrogen and oxygen atoms in total. The van der Waals surface area contributed by atoms with E-state index in [1.54, 1.807) is 27.4 Å². The minimum absolute atomic E-state index is 0. The van der Waals surface area contributed by atoms with Crippen LogP contribution < -0.4 is 24.8 Å². The van der Waals surface area contributed by atoms with E-state index in [1.165, 1.54) is 66.8 Å². The minimum atomic E-state index is 0. The summed E-state index contributed by atoms with van der Waals surface area (Å²) in [5.41, 5.74) is 17.1. The Hall–Kier alpha value is -2.44. The molecule has 0 N–H and O–H groups in total. The first-order valence-corrected chi connectivity index (χ1v) is 19.5. The van der Waals surface area contributed by atoms with E-state index < -0.39 is 0 Å². The minimum Gasteiger partial charge on any atom is -1.00 e. The summed E-state index contributed by atoms with van der Waals surface area (Å²) in [5.74, 6) is 0. The van der Waals surface area contributed by atoms with Gasteiger partial charge in [-0.15, -0.1) is 28.8 Å². The molecule has 0 unspecified atom stereocenters.